The van der Waals surface area contributed by atoms with Crippen LogP contribution in [0.5, 0.6) is 5.75 Å². The Morgan fingerprint density at radius 3 is 2.90 bits per heavy atom. The average molecular weight is 309 g/mol. The van der Waals surface area contributed by atoms with Gasteiger partial charge in [-0.25, -0.2) is 0 Å². The van der Waals surface area contributed by atoms with E-state index in [4.69, 9.17) is 4.74 Å². The van der Waals surface area contributed by atoms with E-state index in [9.17, 15) is 9.90 Å². The number of methoxy groups -OCH3 is 1. The summed E-state index contributed by atoms with van der Waals surface area (Å²) < 4.78 is 5.42. The van der Waals surface area contributed by atoms with E-state index >= 15 is 0 Å². The molecule has 2 rings (SSSR count). The van der Waals surface area contributed by atoms with Crippen molar-refractivity contribution in [1.82, 2.24) is 4.90 Å². The van der Waals surface area contributed by atoms with E-state index < -0.39 is 5.97 Å². The van der Waals surface area contributed by atoms with E-state index in [-0.39, 0.29) is 12.0 Å². The maximum absolute atomic E-state index is 11.3. The maximum atomic E-state index is 11.3. The monoisotopic (exact) mass is 309 g/mol. The van der Waals surface area contributed by atoms with Gasteiger partial charge in [-0.2, -0.15) is 0 Å². The van der Waals surface area contributed by atoms with Crippen LogP contribution in [0.15, 0.2) is 23.1 Å². The molecule has 2 atom stereocenters. The lowest BCUT2D eigenvalue weighted by molar-refractivity contribution is -0.145. The zero-order valence-electron chi connectivity index (χ0n) is 12.8. The van der Waals surface area contributed by atoms with Gasteiger partial charge in [0.25, 0.3) is 0 Å². The lowest BCUT2D eigenvalue weighted by atomic mass is 9.90. The van der Waals surface area contributed by atoms with Crippen LogP contribution >= 0.6 is 11.8 Å². The van der Waals surface area contributed by atoms with Crippen molar-refractivity contribution in [2.24, 2.45) is 5.92 Å². The lowest BCUT2D eigenvalue weighted by Crippen LogP contribution is -2.45. The largest absolute Gasteiger partial charge is 0.496 e. The van der Waals surface area contributed by atoms with Gasteiger partial charge < -0.3 is 9.84 Å². The smallest absolute Gasteiger partial charge is 0.308 e. The molecule has 1 aromatic rings. The van der Waals surface area contributed by atoms with Crippen LogP contribution in [0.1, 0.15) is 25.3 Å². The molecule has 0 aliphatic carbocycles. The molecule has 1 aliphatic rings. The molecular formula is C16H23NO3S. The van der Waals surface area contributed by atoms with Gasteiger partial charge in [-0.05, 0) is 50.3 Å². The molecule has 0 aromatic heterocycles. The van der Waals surface area contributed by atoms with Crippen molar-refractivity contribution < 1.29 is 14.6 Å². The molecular weight excluding hydrogens is 286 g/mol. The molecule has 0 spiro atoms. The molecule has 0 saturated carbocycles. The minimum atomic E-state index is -0.678. The van der Waals surface area contributed by atoms with Gasteiger partial charge in [-0.1, -0.05) is 6.07 Å². The van der Waals surface area contributed by atoms with Crippen LogP contribution < -0.4 is 4.74 Å². The number of carbonyl (C=O) groups is 1. The van der Waals surface area contributed by atoms with E-state index in [0.717, 1.165) is 36.6 Å². The molecule has 1 aliphatic heterocycles. The van der Waals surface area contributed by atoms with Crippen LogP contribution in [0.4, 0.5) is 0 Å². The Bertz CT molecular complexity index is 506. The van der Waals surface area contributed by atoms with Crippen LogP contribution in [0, 0.1) is 5.92 Å². The third kappa shape index (κ3) is 3.71. The zero-order valence-corrected chi connectivity index (χ0v) is 13.7. The maximum Gasteiger partial charge on any atom is 0.308 e. The summed E-state index contributed by atoms with van der Waals surface area (Å²) in [6.07, 6.45) is 3.75. The van der Waals surface area contributed by atoms with Crippen molar-refractivity contribution >= 4 is 17.7 Å². The van der Waals surface area contributed by atoms with E-state index in [1.54, 1.807) is 18.9 Å². The first-order valence-electron chi connectivity index (χ1n) is 7.24. The predicted octanol–water partition coefficient (Wildman–Crippen LogP) is 3.10. The Kier molecular flexibility index (Phi) is 5.53. The molecule has 1 aromatic carbocycles. The van der Waals surface area contributed by atoms with Crippen LogP contribution in [0.2, 0.25) is 0 Å². The number of rotatable bonds is 5. The summed E-state index contributed by atoms with van der Waals surface area (Å²) in [6, 6.07) is 6.30. The highest BCUT2D eigenvalue weighted by atomic mass is 32.2. The van der Waals surface area contributed by atoms with Gasteiger partial charge >= 0.3 is 5.97 Å². The third-order valence-corrected chi connectivity index (χ3v) is 5.05. The van der Waals surface area contributed by atoms with Crippen molar-refractivity contribution in [3.8, 4) is 5.75 Å². The minimum Gasteiger partial charge on any atom is -0.496 e. The SMILES string of the molecule is COc1cc(CN2CCC[C@H](C(=O)O)[C@@H]2C)ccc1SC. The first-order valence-corrected chi connectivity index (χ1v) is 8.47. The summed E-state index contributed by atoms with van der Waals surface area (Å²) in [5.74, 6) is -0.0481. The second-order valence-electron chi connectivity index (χ2n) is 5.49. The van der Waals surface area contributed by atoms with Crippen molar-refractivity contribution in [1.29, 1.82) is 0 Å². The fraction of sp³-hybridized carbons (Fsp3) is 0.562. The lowest BCUT2D eigenvalue weighted by Gasteiger charge is -2.37. The average Bonchev–Trinajstić information content (AvgIpc) is 2.48. The van der Waals surface area contributed by atoms with Gasteiger partial charge in [-0.3, -0.25) is 9.69 Å². The number of benzene rings is 1. The topological polar surface area (TPSA) is 49.8 Å². The number of hydrogen-bond acceptors (Lipinski definition) is 4. The summed E-state index contributed by atoms with van der Waals surface area (Å²) in [4.78, 5) is 14.7. The Morgan fingerprint density at radius 1 is 1.52 bits per heavy atom. The Morgan fingerprint density at radius 2 is 2.29 bits per heavy atom. The van der Waals surface area contributed by atoms with E-state index in [2.05, 4.69) is 23.1 Å². The Balaban J connectivity index is 2.12. The van der Waals surface area contributed by atoms with Crippen molar-refractivity contribution in [2.75, 3.05) is 19.9 Å². The van der Waals surface area contributed by atoms with E-state index in [0.29, 0.717) is 0 Å². The zero-order chi connectivity index (χ0) is 15.4. The van der Waals surface area contributed by atoms with Gasteiger partial charge in [0.15, 0.2) is 0 Å². The molecule has 0 amide bonds. The summed E-state index contributed by atoms with van der Waals surface area (Å²) in [5.41, 5.74) is 1.17. The van der Waals surface area contributed by atoms with E-state index in [1.165, 1.54) is 5.56 Å². The van der Waals surface area contributed by atoms with Crippen LogP contribution in [0.3, 0.4) is 0 Å². The molecule has 21 heavy (non-hydrogen) atoms. The van der Waals surface area contributed by atoms with Gasteiger partial charge in [0.1, 0.15) is 5.75 Å². The fourth-order valence-electron chi connectivity index (χ4n) is 2.98. The molecule has 0 unspecified atom stereocenters. The highest BCUT2D eigenvalue weighted by Gasteiger charge is 2.32. The molecule has 1 saturated heterocycles. The Hall–Kier alpha value is -1.20. The first-order chi connectivity index (χ1) is 10.1. The van der Waals surface area contributed by atoms with Crippen molar-refractivity contribution in [3.63, 3.8) is 0 Å². The van der Waals surface area contributed by atoms with Crippen LogP contribution in [-0.2, 0) is 11.3 Å². The van der Waals surface area contributed by atoms with Gasteiger partial charge in [0.2, 0.25) is 0 Å². The summed E-state index contributed by atoms with van der Waals surface area (Å²) >= 11 is 1.66. The second kappa shape index (κ2) is 7.18. The predicted molar refractivity (Wildman–Crippen MR) is 85.0 cm³/mol. The normalized spacial score (nSPS) is 23.0. The molecule has 1 N–H and O–H groups in total. The van der Waals surface area contributed by atoms with Crippen LogP contribution in [0.25, 0.3) is 0 Å². The molecule has 0 bridgehead atoms. The van der Waals surface area contributed by atoms with Crippen molar-refractivity contribution in [3.05, 3.63) is 23.8 Å². The number of thioether (sulfide) groups is 1. The summed E-state index contributed by atoms with van der Waals surface area (Å²) in [6.45, 7) is 3.75. The molecule has 116 valence electrons. The molecule has 4 nitrogen and oxygen atoms in total. The van der Waals surface area contributed by atoms with Gasteiger partial charge in [0.05, 0.1) is 13.0 Å². The number of hydrogen-bond donors (Lipinski definition) is 1. The number of ether oxygens (including phenoxy) is 1. The standard InChI is InChI=1S/C16H23NO3S/c1-11-13(16(18)19)5-4-8-17(11)10-12-6-7-15(21-3)14(9-12)20-2/h6-7,9,11,13H,4-5,8,10H2,1-3H3,(H,18,19)/t11-,13-/m0/s1. The fourth-order valence-corrected chi connectivity index (χ4v) is 3.53. The minimum absolute atomic E-state index is 0.0717. The molecule has 1 fully saturated rings. The Labute approximate surface area is 130 Å². The number of carboxylic acids is 1. The number of nitrogens with zero attached hydrogens (tertiary/aromatic N) is 1. The molecule has 5 heteroatoms. The number of carboxylic acid groups (broad SMARTS) is 1. The van der Waals surface area contributed by atoms with E-state index in [1.807, 2.05) is 13.2 Å². The molecule has 1 heterocycles. The molecule has 0 radical (unpaired) electrons. The number of aliphatic carboxylic acids is 1. The van der Waals surface area contributed by atoms with Crippen molar-refractivity contribution in [2.45, 2.75) is 37.2 Å². The second-order valence-corrected chi connectivity index (χ2v) is 6.34. The third-order valence-electron chi connectivity index (χ3n) is 4.27. The van der Waals surface area contributed by atoms with Gasteiger partial charge in [-0.15, -0.1) is 11.8 Å². The summed E-state index contributed by atoms with van der Waals surface area (Å²) in [5, 5.41) is 9.29. The highest BCUT2D eigenvalue weighted by Crippen LogP contribution is 2.30. The number of likely N-dealkylation sites (tertiary alicyclic amines) is 1. The highest BCUT2D eigenvalue weighted by molar-refractivity contribution is 7.98. The summed E-state index contributed by atoms with van der Waals surface area (Å²) in [7, 11) is 1.68. The van der Waals surface area contributed by atoms with Crippen LogP contribution in [-0.4, -0.2) is 41.9 Å². The number of piperidine rings is 1. The quantitative estimate of drug-likeness (QED) is 0.847. The van der Waals surface area contributed by atoms with Gasteiger partial charge in [0, 0.05) is 17.5 Å². The first kappa shape index (κ1) is 16.2.